The van der Waals surface area contributed by atoms with Crippen molar-refractivity contribution in [2.75, 3.05) is 19.0 Å². The first-order chi connectivity index (χ1) is 17.4. The Balaban J connectivity index is 2.00. The van der Waals surface area contributed by atoms with Gasteiger partial charge in [0.05, 0.1) is 17.2 Å². The van der Waals surface area contributed by atoms with E-state index in [2.05, 4.69) is 30.6 Å². The Labute approximate surface area is 213 Å². The van der Waals surface area contributed by atoms with Crippen molar-refractivity contribution in [3.05, 3.63) is 114 Å². The first kappa shape index (κ1) is 28.3. The van der Waals surface area contributed by atoms with Crippen LogP contribution >= 0.6 is 0 Å². The summed E-state index contributed by atoms with van der Waals surface area (Å²) in [5.74, 6) is 0.0263. The highest BCUT2D eigenvalue weighted by Gasteiger charge is 2.38. The lowest BCUT2D eigenvalue weighted by Gasteiger charge is -2.29. The Morgan fingerprint density at radius 1 is 1.05 bits per heavy atom. The molecule has 1 aliphatic rings. The fraction of sp³-hybridized carbons (Fsp3) is 0.310. The Morgan fingerprint density at radius 2 is 1.68 bits per heavy atom. The molecule has 2 aromatic rings. The summed E-state index contributed by atoms with van der Waals surface area (Å²) in [4.78, 5) is 1.42. The Hall–Kier alpha value is -3.26. The highest BCUT2D eigenvalue weighted by Crippen LogP contribution is 2.40. The number of rotatable bonds is 9. The zero-order valence-electron chi connectivity index (χ0n) is 20.7. The SMILES string of the molecule is C=C/C=C\C(C/C=C(/C=C)C1c2ccccc2CC1NC)N(C)c1cc(C(F)(F)F)cc(C(F)(F)F)c1. The minimum absolute atomic E-state index is 0.0263. The van der Waals surface area contributed by atoms with Crippen molar-refractivity contribution in [1.29, 1.82) is 0 Å². The molecule has 0 aromatic heterocycles. The van der Waals surface area contributed by atoms with E-state index in [1.165, 1.54) is 29.2 Å². The van der Waals surface area contributed by atoms with Crippen LogP contribution < -0.4 is 10.2 Å². The number of hydrogen-bond donors (Lipinski definition) is 1. The number of halogens is 6. The fourth-order valence-corrected chi connectivity index (χ4v) is 4.78. The van der Waals surface area contributed by atoms with Crippen molar-refractivity contribution in [1.82, 2.24) is 5.32 Å². The molecule has 0 spiro atoms. The van der Waals surface area contributed by atoms with E-state index in [9.17, 15) is 26.3 Å². The van der Waals surface area contributed by atoms with E-state index >= 15 is 0 Å². The molecule has 0 fully saturated rings. The standard InChI is InChI=1S/C29H30F6N2/c1-5-7-11-23(37(4)24-17-21(28(30,31)32)16-22(18-24)29(33,34)35)14-13-19(6-2)27-25-12-9-8-10-20(25)15-26(27)36-3/h5-13,16-18,23,26-27,36H,1-2,14-15H2,3-4H3/b11-7-,19-13-. The van der Waals surface area contributed by atoms with Crippen LogP contribution in [-0.4, -0.2) is 26.2 Å². The van der Waals surface area contributed by atoms with Gasteiger partial charge in [-0.05, 0) is 54.8 Å². The van der Waals surface area contributed by atoms with Gasteiger partial charge in [-0.3, -0.25) is 0 Å². The van der Waals surface area contributed by atoms with Crippen LogP contribution in [0.15, 0.2) is 91.6 Å². The van der Waals surface area contributed by atoms with Gasteiger partial charge in [0.15, 0.2) is 0 Å². The van der Waals surface area contributed by atoms with Crippen LogP contribution in [0, 0.1) is 0 Å². The minimum atomic E-state index is -4.92. The van der Waals surface area contributed by atoms with Gasteiger partial charge in [-0.15, -0.1) is 0 Å². The monoisotopic (exact) mass is 520 g/mol. The van der Waals surface area contributed by atoms with Gasteiger partial charge in [-0.2, -0.15) is 26.3 Å². The molecule has 1 N–H and O–H groups in total. The van der Waals surface area contributed by atoms with Gasteiger partial charge in [-0.1, -0.05) is 67.8 Å². The van der Waals surface area contributed by atoms with Crippen molar-refractivity contribution in [3.8, 4) is 0 Å². The van der Waals surface area contributed by atoms with Crippen molar-refractivity contribution in [2.45, 2.75) is 43.2 Å². The predicted molar refractivity (Wildman–Crippen MR) is 137 cm³/mol. The molecule has 0 heterocycles. The molecule has 198 valence electrons. The third-order valence-corrected chi connectivity index (χ3v) is 6.74. The summed E-state index contributed by atoms with van der Waals surface area (Å²) in [6, 6.07) is 9.32. The Bertz CT molecular complexity index is 1140. The van der Waals surface area contributed by atoms with Crippen molar-refractivity contribution < 1.29 is 26.3 Å². The third kappa shape index (κ3) is 6.55. The molecule has 8 heteroatoms. The Kier molecular flexibility index (Phi) is 8.74. The minimum Gasteiger partial charge on any atom is -0.368 e. The molecule has 0 bridgehead atoms. The van der Waals surface area contributed by atoms with Crippen molar-refractivity contribution in [2.24, 2.45) is 0 Å². The zero-order valence-corrected chi connectivity index (χ0v) is 20.7. The topological polar surface area (TPSA) is 15.3 Å². The molecule has 3 unspecified atom stereocenters. The third-order valence-electron chi connectivity index (χ3n) is 6.74. The summed E-state index contributed by atoms with van der Waals surface area (Å²) in [5.41, 5.74) is 0.453. The van der Waals surface area contributed by atoms with Crippen LogP contribution in [0.25, 0.3) is 0 Å². The van der Waals surface area contributed by atoms with Gasteiger partial charge in [0, 0.05) is 24.7 Å². The largest absolute Gasteiger partial charge is 0.416 e. The van der Waals surface area contributed by atoms with E-state index in [4.69, 9.17) is 0 Å². The van der Waals surface area contributed by atoms with Gasteiger partial charge < -0.3 is 10.2 Å². The number of alkyl halides is 6. The normalized spacial score (nSPS) is 19.1. The van der Waals surface area contributed by atoms with Gasteiger partial charge in [0.1, 0.15) is 0 Å². The molecule has 0 radical (unpaired) electrons. The van der Waals surface area contributed by atoms with E-state index < -0.39 is 29.5 Å². The second kappa shape index (κ2) is 11.4. The molecule has 3 atom stereocenters. The van der Waals surface area contributed by atoms with E-state index in [1.807, 2.05) is 25.3 Å². The molecule has 1 aliphatic carbocycles. The lowest BCUT2D eigenvalue weighted by Crippen LogP contribution is -2.31. The number of benzene rings is 2. The summed E-state index contributed by atoms with van der Waals surface area (Å²) in [5, 5.41) is 3.35. The number of nitrogens with one attached hydrogen (secondary N) is 1. The first-order valence-corrected chi connectivity index (χ1v) is 11.8. The lowest BCUT2D eigenvalue weighted by atomic mass is 9.88. The maximum atomic E-state index is 13.4. The van der Waals surface area contributed by atoms with E-state index in [1.54, 1.807) is 18.2 Å². The molecule has 0 saturated carbocycles. The number of hydrogen-bond acceptors (Lipinski definition) is 2. The highest BCUT2D eigenvalue weighted by atomic mass is 19.4. The molecule has 37 heavy (non-hydrogen) atoms. The zero-order chi connectivity index (χ0) is 27.4. The van der Waals surface area contributed by atoms with Gasteiger partial charge >= 0.3 is 12.4 Å². The van der Waals surface area contributed by atoms with Gasteiger partial charge in [-0.25, -0.2) is 0 Å². The second-order valence-electron chi connectivity index (χ2n) is 8.98. The van der Waals surface area contributed by atoms with Crippen LogP contribution in [0.5, 0.6) is 0 Å². The summed E-state index contributed by atoms with van der Waals surface area (Å²) >= 11 is 0. The van der Waals surface area contributed by atoms with Crippen molar-refractivity contribution in [3.63, 3.8) is 0 Å². The quantitative estimate of drug-likeness (QED) is 0.269. The van der Waals surface area contributed by atoms with E-state index in [-0.39, 0.29) is 23.7 Å². The van der Waals surface area contributed by atoms with Crippen LogP contribution in [0.2, 0.25) is 0 Å². The number of fused-ring (bicyclic) bond motifs is 1. The summed E-state index contributed by atoms with van der Waals surface area (Å²) < 4.78 is 80.6. The summed E-state index contributed by atoms with van der Waals surface area (Å²) in [6.07, 6.45) is -0.112. The predicted octanol–water partition coefficient (Wildman–Crippen LogP) is 7.70. The van der Waals surface area contributed by atoms with E-state index in [0.717, 1.165) is 24.1 Å². The van der Waals surface area contributed by atoms with Gasteiger partial charge in [0.25, 0.3) is 0 Å². The lowest BCUT2D eigenvalue weighted by molar-refractivity contribution is -0.143. The smallest absolute Gasteiger partial charge is 0.368 e. The molecule has 2 aromatic carbocycles. The molecular weight excluding hydrogens is 490 g/mol. The number of allylic oxidation sites excluding steroid dienone is 3. The van der Waals surface area contributed by atoms with Crippen LogP contribution in [-0.2, 0) is 18.8 Å². The van der Waals surface area contributed by atoms with Gasteiger partial charge in [0.2, 0.25) is 0 Å². The molecule has 0 aliphatic heterocycles. The molecule has 0 amide bonds. The molecule has 3 rings (SSSR count). The van der Waals surface area contributed by atoms with Crippen LogP contribution in [0.1, 0.15) is 34.6 Å². The molecular formula is C29H30F6N2. The summed E-state index contributed by atoms with van der Waals surface area (Å²) in [6.45, 7) is 7.61. The maximum Gasteiger partial charge on any atom is 0.416 e. The number of likely N-dealkylation sites (N-methyl/N-ethyl adjacent to an activating group) is 2. The highest BCUT2D eigenvalue weighted by molar-refractivity contribution is 5.54. The number of anilines is 1. The Morgan fingerprint density at radius 3 is 2.22 bits per heavy atom. The number of nitrogens with zero attached hydrogens (tertiary/aromatic N) is 1. The fourth-order valence-electron chi connectivity index (χ4n) is 4.78. The second-order valence-corrected chi connectivity index (χ2v) is 8.98. The first-order valence-electron chi connectivity index (χ1n) is 11.8. The van der Waals surface area contributed by atoms with Crippen LogP contribution in [0.4, 0.5) is 32.0 Å². The molecule has 0 saturated heterocycles. The van der Waals surface area contributed by atoms with E-state index in [0.29, 0.717) is 6.42 Å². The van der Waals surface area contributed by atoms with Crippen LogP contribution in [0.3, 0.4) is 0 Å². The van der Waals surface area contributed by atoms with Crippen molar-refractivity contribution >= 4 is 5.69 Å². The summed E-state index contributed by atoms with van der Waals surface area (Å²) in [7, 11) is 3.37. The average molecular weight is 521 g/mol. The molecule has 2 nitrogen and oxygen atoms in total. The average Bonchev–Trinajstić information content (AvgIpc) is 3.23. The maximum absolute atomic E-state index is 13.4.